The number of para-hydroxylation sites is 7. The van der Waals surface area contributed by atoms with Crippen molar-refractivity contribution >= 4 is 54.6 Å². The molecule has 0 atom stereocenters. The van der Waals surface area contributed by atoms with Crippen LogP contribution in [0.15, 0.2) is 231 Å². The maximum absolute atomic E-state index is 6.66. The normalized spacial score (nSPS) is 11.7. The highest BCUT2D eigenvalue weighted by Crippen LogP contribution is 2.39. The lowest BCUT2D eigenvalue weighted by atomic mass is 10.0. The van der Waals surface area contributed by atoms with Gasteiger partial charge in [0.05, 0.1) is 55.9 Å². The number of fused-ring (bicyclic) bond motifs is 7. The predicted octanol–water partition coefficient (Wildman–Crippen LogP) is 14.7. The third kappa shape index (κ3) is 6.33. The summed E-state index contributed by atoms with van der Waals surface area (Å²) in [5.74, 6) is 1.45. The van der Waals surface area contributed by atoms with Crippen LogP contribution in [0.5, 0.6) is 11.5 Å². The fraction of sp³-hybridized carbons (Fsp3) is 0.0164. The summed E-state index contributed by atoms with van der Waals surface area (Å²) in [6, 6.07) is 79.0. The molecule has 0 amide bonds. The number of pyridine rings is 1. The van der Waals surface area contributed by atoms with Gasteiger partial charge in [-0.3, -0.25) is 14.1 Å². The Morgan fingerprint density at radius 1 is 0.448 bits per heavy atom. The molecule has 4 heterocycles. The van der Waals surface area contributed by atoms with E-state index < -0.39 is 0 Å². The lowest BCUT2D eigenvalue weighted by Gasteiger charge is -2.20. The smallest absolute Gasteiger partial charge is 0.269 e. The number of aryl methyl sites for hydroxylation is 1. The molecule has 9 aromatic carbocycles. The van der Waals surface area contributed by atoms with E-state index in [1.165, 1.54) is 27.1 Å². The summed E-state index contributed by atoms with van der Waals surface area (Å²) in [6.45, 7) is 2.14. The first kappa shape index (κ1) is 38.5. The molecule has 4 aromatic heterocycles. The molecule has 316 valence electrons. The molecular weight excluding hydrogens is 819 g/mol. The van der Waals surface area contributed by atoms with Gasteiger partial charge in [0, 0.05) is 38.9 Å². The van der Waals surface area contributed by atoms with Crippen LogP contribution >= 0.6 is 0 Å². The van der Waals surface area contributed by atoms with Crippen LogP contribution in [-0.4, -0.2) is 18.7 Å². The standard InChI is InChI=1S/C61H41N5O/c1-41-36-52(62-39-51(41)42-18-3-2-4-19-42)43-20-15-22-45(37-43)67-46-23-16-21-44(38-46)63-40-64(58-33-14-13-32-57(58)63)61-59(65-53-28-9-5-24-47(53)48-25-6-10-29-54(48)65)34-17-35-60(61)66-55-30-11-7-26-49(55)50-27-8-12-31-56(50)66/h2-39H,1H3. The number of hydrogen-bond donors (Lipinski definition) is 0. The highest BCUT2D eigenvalue weighted by Gasteiger charge is 2.24. The molecule has 0 bridgehead atoms. The van der Waals surface area contributed by atoms with Crippen LogP contribution < -0.4 is 9.30 Å². The van der Waals surface area contributed by atoms with Crippen LogP contribution in [0.1, 0.15) is 5.56 Å². The zero-order valence-electron chi connectivity index (χ0n) is 36.6. The van der Waals surface area contributed by atoms with E-state index >= 15 is 0 Å². The van der Waals surface area contributed by atoms with Crippen LogP contribution in [0, 0.1) is 13.3 Å². The molecule has 67 heavy (non-hydrogen) atoms. The van der Waals surface area contributed by atoms with Crippen molar-refractivity contribution in [3.8, 4) is 56.6 Å². The molecule has 0 saturated heterocycles. The van der Waals surface area contributed by atoms with Gasteiger partial charge < -0.3 is 13.9 Å². The van der Waals surface area contributed by atoms with Crippen molar-refractivity contribution in [3.05, 3.63) is 243 Å². The van der Waals surface area contributed by atoms with E-state index in [4.69, 9.17) is 9.72 Å². The van der Waals surface area contributed by atoms with Gasteiger partial charge in [-0.25, -0.2) is 0 Å². The molecule has 6 nitrogen and oxygen atoms in total. The largest absolute Gasteiger partial charge is 0.458 e. The van der Waals surface area contributed by atoms with Crippen molar-refractivity contribution < 1.29 is 9.30 Å². The van der Waals surface area contributed by atoms with Crippen molar-refractivity contribution in [1.82, 2.24) is 18.7 Å². The Balaban J connectivity index is 0.975. The highest BCUT2D eigenvalue weighted by atomic mass is 16.5. The van der Waals surface area contributed by atoms with Gasteiger partial charge in [-0.2, -0.15) is 0 Å². The molecule has 13 rings (SSSR count). The maximum atomic E-state index is 6.66. The summed E-state index contributed by atoms with van der Waals surface area (Å²) in [6.07, 6.45) is 5.87. The van der Waals surface area contributed by atoms with Gasteiger partial charge in [0.25, 0.3) is 6.33 Å². The number of benzene rings is 9. The number of rotatable bonds is 8. The summed E-state index contributed by atoms with van der Waals surface area (Å²) >= 11 is 0. The quantitative estimate of drug-likeness (QED) is 0.113. The second-order valence-corrected chi connectivity index (χ2v) is 17.0. The zero-order valence-corrected chi connectivity index (χ0v) is 36.6. The summed E-state index contributed by atoms with van der Waals surface area (Å²) in [4.78, 5) is 4.88. The van der Waals surface area contributed by atoms with Gasteiger partial charge in [-0.15, -0.1) is 0 Å². The summed E-state index contributed by atoms with van der Waals surface area (Å²) < 4.78 is 15.9. The minimum absolute atomic E-state index is 0.715. The third-order valence-corrected chi connectivity index (χ3v) is 13.1. The summed E-state index contributed by atoms with van der Waals surface area (Å²) in [5.41, 5.74) is 15.9. The lowest BCUT2D eigenvalue weighted by Crippen LogP contribution is -2.33. The second-order valence-electron chi connectivity index (χ2n) is 17.0. The first-order valence-corrected chi connectivity index (χ1v) is 22.6. The summed E-state index contributed by atoms with van der Waals surface area (Å²) in [7, 11) is 0. The average molecular weight is 860 g/mol. The second kappa shape index (κ2) is 15.6. The Morgan fingerprint density at radius 3 is 1.54 bits per heavy atom. The van der Waals surface area contributed by atoms with Gasteiger partial charge in [-0.1, -0.05) is 152 Å². The minimum Gasteiger partial charge on any atom is -0.458 e. The molecule has 6 heteroatoms. The Labute approximate surface area is 387 Å². The van der Waals surface area contributed by atoms with Crippen LogP contribution in [0.3, 0.4) is 0 Å². The van der Waals surface area contributed by atoms with Crippen molar-refractivity contribution in [2.24, 2.45) is 0 Å². The van der Waals surface area contributed by atoms with E-state index in [9.17, 15) is 0 Å². The van der Waals surface area contributed by atoms with E-state index in [0.29, 0.717) is 5.75 Å². The molecule has 13 aromatic rings. The van der Waals surface area contributed by atoms with E-state index in [2.05, 4.69) is 226 Å². The Morgan fingerprint density at radius 2 is 0.940 bits per heavy atom. The highest BCUT2D eigenvalue weighted by molar-refractivity contribution is 6.11. The number of nitrogens with zero attached hydrogens (tertiary/aromatic N) is 5. The molecule has 0 spiro atoms. The fourth-order valence-electron chi connectivity index (χ4n) is 10.1. The number of ether oxygens (including phenoxy) is 1. The molecule has 0 aliphatic rings. The Kier molecular flexibility index (Phi) is 8.96. The zero-order chi connectivity index (χ0) is 44.4. The molecule has 0 radical (unpaired) electrons. The van der Waals surface area contributed by atoms with Crippen LogP contribution in [-0.2, 0) is 0 Å². The third-order valence-electron chi connectivity index (χ3n) is 13.1. The van der Waals surface area contributed by atoms with E-state index in [-0.39, 0.29) is 0 Å². The van der Waals surface area contributed by atoms with Crippen molar-refractivity contribution in [3.63, 3.8) is 0 Å². The SMILES string of the molecule is Cc1cc(-c2cccc(Oc3cccc(-n4[c-][n+](-c5c(-n6c7ccccc7c7ccccc76)cccc5-n5c6ccccc6c6ccccc65)c5ccccc54)c3)c2)ncc1-c1ccccc1. The minimum atomic E-state index is 0.715. The van der Waals surface area contributed by atoms with Gasteiger partial charge in [0.15, 0.2) is 0 Å². The van der Waals surface area contributed by atoms with Gasteiger partial charge >= 0.3 is 0 Å². The number of imidazole rings is 1. The van der Waals surface area contributed by atoms with Crippen LogP contribution in [0.4, 0.5) is 0 Å². The van der Waals surface area contributed by atoms with E-state index in [1.807, 2.05) is 36.5 Å². The average Bonchev–Trinajstić information content (AvgIpc) is 4.05. The van der Waals surface area contributed by atoms with E-state index in [0.717, 1.165) is 84.0 Å². The summed E-state index contributed by atoms with van der Waals surface area (Å²) in [5, 5.41) is 4.82. The maximum Gasteiger partial charge on any atom is 0.269 e. The van der Waals surface area contributed by atoms with Gasteiger partial charge in [0.2, 0.25) is 0 Å². The molecule has 0 unspecified atom stereocenters. The molecule has 0 N–H and O–H groups in total. The van der Waals surface area contributed by atoms with Gasteiger partial charge in [-0.05, 0) is 90.8 Å². The molecule has 0 aliphatic heterocycles. The van der Waals surface area contributed by atoms with Gasteiger partial charge in [0.1, 0.15) is 17.2 Å². The fourth-order valence-corrected chi connectivity index (χ4v) is 10.1. The predicted molar refractivity (Wildman–Crippen MR) is 272 cm³/mol. The number of hydrogen-bond acceptors (Lipinski definition) is 2. The first-order valence-electron chi connectivity index (χ1n) is 22.6. The monoisotopic (exact) mass is 859 g/mol. The topological polar surface area (TPSA) is 40.8 Å². The van der Waals surface area contributed by atoms with Crippen molar-refractivity contribution in [2.75, 3.05) is 0 Å². The molecule has 0 saturated carbocycles. The van der Waals surface area contributed by atoms with Crippen molar-refractivity contribution in [1.29, 1.82) is 0 Å². The lowest BCUT2D eigenvalue weighted by molar-refractivity contribution is -0.571. The molecule has 0 aliphatic carbocycles. The van der Waals surface area contributed by atoms with Crippen LogP contribution in [0.2, 0.25) is 0 Å². The molecular formula is C61H41N5O. The van der Waals surface area contributed by atoms with Crippen molar-refractivity contribution in [2.45, 2.75) is 6.92 Å². The Hall–Kier alpha value is -9.00. The van der Waals surface area contributed by atoms with E-state index in [1.54, 1.807) is 0 Å². The number of aromatic nitrogens is 5. The Bertz CT molecular complexity index is 3810. The van der Waals surface area contributed by atoms with Crippen LogP contribution in [0.25, 0.3) is 99.8 Å². The first-order chi connectivity index (χ1) is 33.2. The molecule has 0 fully saturated rings.